The minimum absolute atomic E-state index is 0.124. The molecule has 1 amide bonds. The minimum Gasteiger partial charge on any atom is -0.345 e. The number of carbonyl (C=O) groups excluding carboxylic acids is 1. The number of aryl methyl sites for hydroxylation is 1. The number of hydrogen-bond donors (Lipinski definition) is 2. The van der Waals surface area contributed by atoms with Crippen molar-refractivity contribution in [1.82, 2.24) is 20.1 Å². The lowest BCUT2D eigenvalue weighted by Gasteiger charge is -2.17. The highest BCUT2D eigenvalue weighted by molar-refractivity contribution is 5.81. The van der Waals surface area contributed by atoms with E-state index in [2.05, 4.69) is 20.1 Å². The van der Waals surface area contributed by atoms with Crippen molar-refractivity contribution in [2.45, 2.75) is 64.6 Å². The summed E-state index contributed by atoms with van der Waals surface area (Å²) in [6.07, 6.45) is 5.15. The van der Waals surface area contributed by atoms with Crippen LogP contribution in [-0.2, 0) is 17.8 Å². The van der Waals surface area contributed by atoms with Gasteiger partial charge in [0.05, 0.1) is 12.1 Å². The van der Waals surface area contributed by atoms with Gasteiger partial charge in [-0.1, -0.05) is 13.3 Å². The summed E-state index contributed by atoms with van der Waals surface area (Å²) in [5, 5.41) is 11.4. The molecule has 2 atom stereocenters. The molecule has 0 aromatic carbocycles. The Morgan fingerprint density at radius 3 is 2.95 bits per heavy atom. The molecule has 1 aromatic rings. The molecule has 3 N–H and O–H groups in total. The second-order valence-corrected chi connectivity index (χ2v) is 5.18. The molecule has 2 rings (SSSR count). The van der Waals surface area contributed by atoms with Crippen LogP contribution in [0, 0.1) is 0 Å². The van der Waals surface area contributed by atoms with Gasteiger partial charge in [0.2, 0.25) is 5.91 Å². The second kappa shape index (κ2) is 6.14. The monoisotopic (exact) mass is 265 g/mol. The fraction of sp³-hybridized carbons (Fsp3) is 0.769. The fourth-order valence-electron chi connectivity index (χ4n) is 2.40. The quantitative estimate of drug-likeness (QED) is 0.847. The van der Waals surface area contributed by atoms with Crippen molar-refractivity contribution in [3.63, 3.8) is 0 Å². The molecule has 19 heavy (non-hydrogen) atoms. The van der Waals surface area contributed by atoms with E-state index in [-0.39, 0.29) is 11.9 Å². The number of rotatable bonds is 4. The summed E-state index contributed by atoms with van der Waals surface area (Å²) in [4.78, 5) is 11.8. The Balaban J connectivity index is 2.09. The first-order valence-corrected chi connectivity index (χ1v) is 7.11. The molecule has 0 radical (unpaired) electrons. The van der Waals surface area contributed by atoms with E-state index in [0.29, 0.717) is 6.42 Å². The highest BCUT2D eigenvalue weighted by Crippen LogP contribution is 2.18. The highest BCUT2D eigenvalue weighted by atomic mass is 16.2. The van der Waals surface area contributed by atoms with E-state index in [0.717, 1.165) is 31.0 Å². The van der Waals surface area contributed by atoms with E-state index in [1.54, 1.807) is 0 Å². The zero-order valence-corrected chi connectivity index (χ0v) is 11.7. The highest BCUT2D eigenvalue weighted by Gasteiger charge is 2.21. The molecule has 0 spiro atoms. The van der Waals surface area contributed by atoms with Gasteiger partial charge in [0.25, 0.3) is 0 Å². The molecular weight excluding hydrogens is 242 g/mol. The number of hydrogen-bond acceptors (Lipinski definition) is 4. The summed E-state index contributed by atoms with van der Waals surface area (Å²) in [5.41, 5.74) is 5.73. The predicted octanol–water partition coefficient (Wildman–Crippen LogP) is 0.919. The number of nitrogens with one attached hydrogen (secondary N) is 1. The van der Waals surface area contributed by atoms with Crippen LogP contribution in [-0.4, -0.2) is 26.7 Å². The summed E-state index contributed by atoms with van der Waals surface area (Å²) in [6, 6.07) is -0.599. The molecule has 1 aliphatic rings. The summed E-state index contributed by atoms with van der Waals surface area (Å²) < 4.78 is 2.15. The van der Waals surface area contributed by atoms with Crippen molar-refractivity contribution in [3.8, 4) is 0 Å². The van der Waals surface area contributed by atoms with Gasteiger partial charge in [0.1, 0.15) is 5.82 Å². The zero-order chi connectivity index (χ0) is 13.8. The number of nitrogens with two attached hydrogens (primary N) is 1. The lowest BCUT2D eigenvalue weighted by molar-refractivity contribution is -0.123. The maximum absolute atomic E-state index is 11.8. The van der Waals surface area contributed by atoms with Crippen LogP contribution >= 0.6 is 0 Å². The molecule has 0 aliphatic carbocycles. The molecule has 0 fully saturated rings. The van der Waals surface area contributed by atoms with Gasteiger partial charge in [-0.15, -0.1) is 10.2 Å². The Hall–Kier alpha value is -1.43. The fourth-order valence-corrected chi connectivity index (χ4v) is 2.40. The van der Waals surface area contributed by atoms with Crippen molar-refractivity contribution in [2.24, 2.45) is 5.73 Å². The Kier molecular flexibility index (Phi) is 4.52. The number of fused-ring (bicyclic) bond motifs is 1. The molecule has 1 aromatic heterocycles. The van der Waals surface area contributed by atoms with Gasteiger partial charge in [0.15, 0.2) is 5.82 Å². The van der Waals surface area contributed by atoms with Crippen LogP contribution in [0.4, 0.5) is 0 Å². The molecule has 0 bridgehead atoms. The number of carbonyl (C=O) groups is 1. The third-order valence-electron chi connectivity index (χ3n) is 3.66. The minimum atomic E-state index is -0.450. The van der Waals surface area contributed by atoms with Crippen LogP contribution in [0.15, 0.2) is 0 Å². The van der Waals surface area contributed by atoms with Crippen LogP contribution in [0.1, 0.15) is 57.2 Å². The number of nitrogens with zero attached hydrogens (tertiary/aromatic N) is 3. The third-order valence-corrected chi connectivity index (χ3v) is 3.66. The van der Waals surface area contributed by atoms with E-state index in [9.17, 15) is 4.79 Å². The van der Waals surface area contributed by atoms with E-state index < -0.39 is 6.04 Å². The topological polar surface area (TPSA) is 85.8 Å². The van der Waals surface area contributed by atoms with Crippen LogP contribution in [0.2, 0.25) is 0 Å². The van der Waals surface area contributed by atoms with Crippen molar-refractivity contribution in [3.05, 3.63) is 11.6 Å². The van der Waals surface area contributed by atoms with Gasteiger partial charge < -0.3 is 15.6 Å². The Morgan fingerprint density at radius 2 is 2.21 bits per heavy atom. The summed E-state index contributed by atoms with van der Waals surface area (Å²) in [5.74, 6) is 1.75. The largest absolute Gasteiger partial charge is 0.345 e. The average molecular weight is 265 g/mol. The summed E-state index contributed by atoms with van der Waals surface area (Å²) in [6.45, 7) is 4.78. The predicted molar refractivity (Wildman–Crippen MR) is 72.4 cm³/mol. The lowest BCUT2D eigenvalue weighted by atomic mass is 10.2. The molecule has 0 saturated carbocycles. The molecule has 6 nitrogen and oxygen atoms in total. The first-order valence-electron chi connectivity index (χ1n) is 7.11. The van der Waals surface area contributed by atoms with E-state index in [4.69, 9.17) is 5.73 Å². The van der Waals surface area contributed by atoms with Crippen molar-refractivity contribution in [1.29, 1.82) is 0 Å². The lowest BCUT2D eigenvalue weighted by Crippen LogP contribution is -2.41. The van der Waals surface area contributed by atoms with E-state index >= 15 is 0 Å². The molecule has 1 aliphatic heterocycles. The maximum atomic E-state index is 11.8. The van der Waals surface area contributed by atoms with Crippen molar-refractivity contribution < 1.29 is 4.79 Å². The van der Waals surface area contributed by atoms with Gasteiger partial charge in [-0.05, 0) is 26.2 Å². The van der Waals surface area contributed by atoms with Crippen LogP contribution in [0.3, 0.4) is 0 Å². The van der Waals surface area contributed by atoms with E-state index in [1.807, 2.05) is 13.8 Å². The Bertz CT molecular complexity index is 442. The van der Waals surface area contributed by atoms with Crippen LogP contribution < -0.4 is 11.1 Å². The Labute approximate surface area is 113 Å². The summed E-state index contributed by atoms with van der Waals surface area (Å²) >= 11 is 0. The van der Waals surface area contributed by atoms with Gasteiger partial charge in [-0.3, -0.25) is 4.79 Å². The molecule has 0 saturated heterocycles. The third kappa shape index (κ3) is 3.12. The molecule has 106 valence electrons. The number of aromatic nitrogens is 3. The van der Waals surface area contributed by atoms with Gasteiger partial charge in [-0.2, -0.15) is 0 Å². The molecular formula is C13H23N5O. The van der Waals surface area contributed by atoms with Gasteiger partial charge in [-0.25, -0.2) is 0 Å². The Morgan fingerprint density at radius 1 is 1.42 bits per heavy atom. The molecule has 1 unspecified atom stereocenters. The maximum Gasteiger partial charge on any atom is 0.237 e. The van der Waals surface area contributed by atoms with E-state index in [1.165, 1.54) is 12.8 Å². The second-order valence-electron chi connectivity index (χ2n) is 5.18. The first-order chi connectivity index (χ1) is 9.13. The number of amides is 1. The normalized spacial score (nSPS) is 18.3. The van der Waals surface area contributed by atoms with Crippen molar-refractivity contribution in [2.75, 3.05) is 0 Å². The zero-order valence-electron chi connectivity index (χ0n) is 11.7. The smallest absolute Gasteiger partial charge is 0.237 e. The molecule has 2 heterocycles. The van der Waals surface area contributed by atoms with Crippen molar-refractivity contribution >= 4 is 5.91 Å². The molecule has 6 heteroatoms. The van der Waals surface area contributed by atoms with Crippen LogP contribution in [0.5, 0.6) is 0 Å². The van der Waals surface area contributed by atoms with Gasteiger partial charge in [0, 0.05) is 13.0 Å². The average Bonchev–Trinajstić information content (AvgIpc) is 2.67. The first kappa shape index (κ1) is 14.0. The standard InChI is InChI=1S/C13H23N5O/c1-3-10(14)13(19)15-9(2)12-17-16-11-7-5-4-6-8-18(11)12/h9-10H,3-8,14H2,1-2H3,(H,15,19)/t9?,10-/m0/s1. The van der Waals surface area contributed by atoms with Gasteiger partial charge >= 0.3 is 0 Å². The SMILES string of the molecule is CC[C@H](N)C(=O)NC(C)c1nnc2n1CCCCC2. The van der Waals surface area contributed by atoms with Crippen LogP contribution in [0.25, 0.3) is 0 Å². The summed E-state index contributed by atoms with van der Waals surface area (Å²) in [7, 11) is 0.